The molecule has 2 fully saturated rings. The fourth-order valence-corrected chi connectivity index (χ4v) is 6.05. The monoisotopic (exact) mass is 567 g/mol. The molecular weight excluding hydrogens is 534 g/mol. The largest absolute Gasteiger partial charge is 0.416 e. The second-order valence-electron chi connectivity index (χ2n) is 10.9. The molecule has 1 heterocycles. The number of amides is 2. The molecule has 1 aliphatic carbocycles. The Hall–Kier alpha value is -3.88. The smallest absolute Gasteiger partial charge is 0.382 e. The lowest BCUT2D eigenvalue weighted by atomic mass is 9.83. The Morgan fingerprint density at radius 3 is 2.27 bits per heavy atom. The quantitative estimate of drug-likeness (QED) is 0.300. The van der Waals surface area contributed by atoms with E-state index in [-0.39, 0.29) is 11.3 Å². The first kappa shape index (κ1) is 28.6. The van der Waals surface area contributed by atoms with Crippen molar-refractivity contribution < 1.29 is 27.2 Å². The Bertz CT molecular complexity index is 1380. The molecule has 41 heavy (non-hydrogen) atoms. The van der Waals surface area contributed by atoms with Crippen molar-refractivity contribution in [2.24, 2.45) is 5.92 Å². The number of benzene rings is 3. The van der Waals surface area contributed by atoms with E-state index >= 15 is 0 Å². The van der Waals surface area contributed by atoms with E-state index in [4.69, 9.17) is 0 Å². The Kier molecular flexibility index (Phi) is 8.33. The molecule has 1 saturated carbocycles. The summed E-state index contributed by atoms with van der Waals surface area (Å²) in [6.45, 7) is 1.98. The lowest BCUT2D eigenvalue weighted by Gasteiger charge is -2.41. The molecule has 216 valence electrons. The first-order chi connectivity index (χ1) is 19.6. The summed E-state index contributed by atoms with van der Waals surface area (Å²) in [5.74, 6) is -2.41. The van der Waals surface area contributed by atoms with Crippen LogP contribution in [0.5, 0.6) is 0 Å². The van der Waals surface area contributed by atoms with Crippen LogP contribution in [-0.4, -0.2) is 29.3 Å². The van der Waals surface area contributed by atoms with E-state index in [1.165, 1.54) is 42.0 Å². The molecule has 3 aromatic carbocycles. The maximum absolute atomic E-state index is 14.9. The fraction of sp³-hybridized carbons (Fsp3) is 0.375. The number of nitrogens with one attached hydrogen (secondary N) is 2. The zero-order chi connectivity index (χ0) is 29.1. The van der Waals surface area contributed by atoms with E-state index in [1.54, 1.807) is 13.0 Å². The van der Waals surface area contributed by atoms with Crippen LogP contribution < -0.4 is 10.6 Å². The third kappa shape index (κ3) is 6.39. The van der Waals surface area contributed by atoms with Crippen molar-refractivity contribution in [2.45, 2.75) is 63.7 Å². The zero-order valence-corrected chi connectivity index (χ0v) is 22.8. The van der Waals surface area contributed by atoms with E-state index in [9.17, 15) is 27.2 Å². The van der Waals surface area contributed by atoms with Crippen molar-refractivity contribution in [3.8, 4) is 0 Å². The third-order valence-electron chi connectivity index (χ3n) is 8.10. The molecule has 0 aromatic heterocycles. The SMILES string of the molecule is Cc1cccc(F)c1C(=O)N1CCC[C@H](C(=O)Nc2cccc(C(F)(F)F)c2)[C@@H]1c1ccc(NC2CCCC2)cc1. The van der Waals surface area contributed by atoms with E-state index in [2.05, 4.69) is 10.6 Å². The minimum absolute atomic E-state index is 0.0214. The molecule has 5 rings (SSSR count). The molecule has 2 amide bonds. The molecule has 0 spiro atoms. The minimum Gasteiger partial charge on any atom is -0.382 e. The summed E-state index contributed by atoms with van der Waals surface area (Å²) in [4.78, 5) is 29.0. The first-order valence-corrected chi connectivity index (χ1v) is 14.0. The van der Waals surface area contributed by atoms with Crippen molar-refractivity contribution in [3.05, 3.63) is 94.8 Å². The van der Waals surface area contributed by atoms with Crippen molar-refractivity contribution in [2.75, 3.05) is 17.2 Å². The fourth-order valence-electron chi connectivity index (χ4n) is 6.05. The Morgan fingerprint density at radius 2 is 1.59 bits per heavy atom. The average Bonchev–Trinajstić information content (AvgIpc) is 3.46. The highest BCUT2D eigenvalue weighted by Gasteiger charge is 2.41. The molecular formula is C32H33F4N3O2. The highest BCUT2D eigenvalue weighted by molar-refractivity contribution is 5.98. The summed E-state index contributed by atoms with van der Waals surface area (Å²) < 4.78 is 54.7. The second-order valence-corrected chi connectivity index (χ2v) is 10.9. The summed E-state index contributed by atoms with van der Waals surface area (Å²) >= 11 is 0. The highest BCUT2D eigenvalue weighted by atomic mass is 19.4. The summed E-state index contributed by atoms with van der Waals surface area (Å²) in [6.07, 6.45) is 0.928. The van der Waals surface area contributed by atoms with Gasteiger partial charge in [-0.05, 0) is 80.1 Å². The van der Waals surface area contributed by atoms with Crippen LogP contribution in [0.15, 0.2) is 66.7 Å². The van der Waals surface area contributed by atoms with Gasteiger partial charge in [-0.15, -0.1) is 0 Å². The Morgan fingerprint density at radius 1 is 0.878 bits per heavy atom. The van der Waals surface area contributed by atoms with Crippen LogP contribution in [0, 0.1) is 18.7 Å². The van der Waals surface area contributed by atoms with Crippen molar-refractivity contribution in [1.29, 1.82) is 0 Å². The van der Waals surface area contributed by atoms with Crippen LogP contribution in [0.2, 0.25) is 0 Å². The number of carbonyl (C=O) groups is 2. The van der Waals surface area contributed by atoms with Gasteiger partial charge in [-0.2, -0.15) is 13.2 Å². The van der Waals surface area contributed by atoms with Gasteiger partial charge in [0.2, 0.25) is 5.91 Å². The molecule has 9 heteroatoms. The number of halogens is 4. The van der Waals surface area contributed by atoms with Crippen molar-refractivity contribution in [3.63, 3.8) is 0 Å². The number of alkyl halides is 3. The van der Waals surface area contributed by atoms with E-state index < -0.39 is 41.3 Å². The van der Waals surface area contributed by atoms with Gasteiger partial charge in [-0.3, -0.25) is 9.59 Å². The standard InChI is InChI=1S/C32H33F4N3O2/c1-20-7-4-13-27(33)28(20)31(41)39-18-6-12-26(30(40)38-25-11-5-8-22(19-25)32(34,35)36)29(39)21-14-16-24(17-15-21)37-23-9-2-3-10-23/h4-5,7-8,11,13-17,19,23,26,29,37H,2-3,6,9-10,12,18H2,1H3,(H,38,40)/t26-,29-/m0/s1. The Labute approximate surface area is 236 Å². The number of carbonyl (C=O) groups excluding carboxylic acids is 2. The molecule has 3 aromatic rings. The number of anilines is 2. The van der Waals surface area contributed by atoms with Gasteiger partial charge in [0.05, 0.1) is 23.1 Å². The molecule has 5 nitrogen and oxygen atoms in total. The number of nitrogens with zero attached hydrogens (tertiary/aromatic N) is 1. The van der Waals surface area contributed by atoms with Gasteiger partial charge >= 0.3 is 6.18 Å². The molecule has 2 aliphatic rings. The summed E-state index contributed by atoms with van der Waals surface area (Å²) in [6, 6.07) is 16.2. The number of hydrogen-bond acceptors (Lipinski definition) is 3. The van der Waals surface area contributed by atoms with Gasteiger partial charge in [0, 0.05) is 24.0 Å². The number of hydrogen-bond donors (Lipinski definition) is 2. The summed E-state index contributed by atoms with van der Waals surface area (Å²) in [7, 11) is 0. The number of likely N-dealkylation sites (tertiary alicyclic amines) is 1. The van der Waals surface area contributed by atoms with E-state index in [0.717, 1.165) is 30.7 Å². The normalized spacial score (nSPS) is 19.7. The Balaban J connectivity index is 1.47. The molecule has 0 radical (unpaired) electrons. The average molecular weight is 568 g/mol. The van der Waals surface area contributed by atoms with Crippen LogP contribution >= 0.6 is 0 Å². The zero-order valence-electron chi connectivity index (χ0n) is 22.8. The lowest BCUT2D eigenvalue weighted by molar-refractivity contribution is -0.137. The molecule has 1 saturated heterocycles. The van der Waals surface area contributed by atoms with Crippen molar-refractivity contribution in [1.82, 2.24) is 4.90 Å². The number of aryl methyl sites for hydroxylation is 1. The van der Waals surface area contributed by atoms with E-state index in [1.807, 2.05) is 24.3 Å². The maximum Gasteiger partial charge on any atom is 0.416 e. The van der Waals surface area contributed by atoms with Crippen LogP contribution in [0.3, 0.4) is 0 Å². The van der Waals surface area contributed by atoms with Crippen LogP contribution in [0.1, 0.15) is 71.6 Å². The molecule has 2 N–H and O–H groups in total. The second kappa shape index (κ2) is 11.9. The topological polar surface area (TPSA) is 61.4 Å². The van der Waals surface area contributed by atoms with Crippen LogP contribution in [-0.2, 0) is 11.0 Å². The summed E-state index contributed by atoms with van der Waals surface area (Å²) in [5.41, 5.74) is 1.23. The minimum atomic E-state index is -4.55. The van der Waals surface area contributed by atoms with Gasteiger partial charge in [0.25, 0.3) is 5.91 Å². The first-order valence-electron chi connectivity index (χ1n) is 14.0. The van der Waals surface area contributed by atoms with Gasteiger partial charge in [0.1, 0.15) is 5.82 Å². The van der Waals surface area contributed by atoms with Gasteiger partial charge in [-0.25, -0.2) is 4.39 Å². The van der Waals surface area contributed by atoms with Crippen LogP contribution in [0.4, 0.5) is 28.9 Å². The summed E-state index contributed by atoms with van der Waals surface area (Å²) in [5, 5.41) is 6.17. The number of rotatable bonds is 6. The maximum atomic E-state index is 14.9. The van der Waals surface area contributed by atoms with Gasteiger partial charge in [-0.1, -0.05) is 43.2 Å². The third-order valence-corrected chi connectivity index (χ3v) is 8.10. The van der Waals surface area contributed by atoms with Gasteiger partial charge < -0.3 is 15.5 Å². The lowest BCUT2D eigenvalue weighted by Crippen LogP contribution is -2.46. The highest BCUT2D eigenvalue weighted by Crippen LogP contribution is 2.39. The number of piperidine rings is 1. The molecule has 1 aliphatic heterocycles. The van der Waals surface area contributed by atoms with Crippen LogP contribution in [0.25, 0.3) is 0 Å². The molecule has 0 unspecified atom stereocenters. The predicted molar refractivity (Wildman–Crippen MR) is 150 cm³/mol. The van der Waals surface area contributed by atoms with E-state index in [0.29, 0.717) is 36.6 Å². The molecule has 0 bridgehead atoms. The van der Waals surface area contributed by atoms with Gasteiger partial charge in [0.15, 0.2) is 0 Å². The predicted octanol–water partition coefficient (Wildman–Crippen LogP) is 7.74. The van der Waals surface area contributed by atoms with Crippen molar-refractivity contribution >= 4 is 23.2 Å². The molecule has 2 atom stereocenters.